The van der Waals surface area contributed by atoms with Gasteiger partial charge in [-0.3, -0.25) is 0 Å². The number of anilines is 1. The Morgan fingerprint density at radius 3 is 2.50 bits per heavy atom. The number of hydrogen-bond donors (Lipinski definition) is 2. The van der Waals surface area contributed by atoms with Gasteiger partial charge in [0.15, 0.2) is 0 Å². The van der Waals surface area contributed by atoms with Gasteiger partial charge in [-0.1, -0.05) is 36.8 Å². The molecule has 1 aliphatic carbocycles. The molecule has 0 aromatic heterocycles. The third-order valence-corrected chi connectivity index (χ3v) is 6.87. The molecule has 0 bridgehead atoms. The van der Waals surface area contributed by atoms with E-state index < -0.39 is 11.7 Å². The van der Waals surface area contributed by atoms with E-state index in [1.807, 2.05) is 18.2 Å². The molecule has 1 saturated heterocycles. The highest BCUT2D eigenvalue weighted by molar-refractivity contribution is 5.58. The summed E-state index contributed by atoms with van der Waals surface area (Å²) in [6.07, 6.45) is 0.850. The largest absolute Gasteiger partial charge is 0.416 e. The Hall–Kier alpha value is -2.05. The van der Waals surface area contributed by atoms with Crippen molar-refractivity contribution in [2.75, 3.05) is 11.9 Å². The topological polar surface area (TPSA) is 33.3 Å². The van der Waals surface area contributed by atoms with Crippen molar-refractivity contribution in [1.82, 2.24) is 5.32 Å². The number of rotatable bonds is 4. The molecule has 5 rings (SSSR count). The molecule has 2 aliphatic heterocycles. The lowest BCUT2D eigenvalue weighted by Gasteiger charge is -2.46. The fourth-order valence-electron chi connectivity index (χ4n) is 4.98. The van der Waals surface area contributed by atoms with E-state index in [-0.39, 0.29) is 24.2 Å². The molecule has 0 amide bonds. The van der Waals surface area contributed by atoms with Gasteiger partial charge in [-0.15, -0.1) is 0 Å². The van der Waals surface area contributed by atoms with Crippen LogP contribution in [0.3, 0.4) is 0 Å². The summed E-state index contributed by atoms with van der Waals surface area (Å²) in [4.78, 5) is 0. The first kappa shape index (κ1) is 19.9. The summed E-state index contributed by atoms with van der Waals surface area (Å²) in [6.45, 7) is 0.769. The zero-order valence-corrected chi connectivity index (χ0v) is 16.8. The maximum absolute atomic E-state index is 13.4. The van der Waals surface area contributed by atoms with Gasteiger partial charge in [-0.2, -0.15) is 13.2 Å². The quantitative estimate of drug-likeness (QED) is 0.656. The number of fused-ring (bicyclic) bond motifs is 3. The van der Waals surface area contributed by atoms with Crippen molar-refractivity contribution in [3.63, 3.8) is 0 Å². The number of ether oxygens (including phenoxy) is 1. The van der Waals surface area contributed by atoms with Crippen molar-refractivity contribution in [1.29, 1.82) is 0 Å². The Balaban J connectivity index is 1.45. The van der Waals surface area contributed by atoms with Gasteiger partial charge in [-0.05, 0) is 49.4 Å². The van der Waals surface area contributed by atoms with E-state index in [0.717, 1.165) is 36.7 Å². The molecule has 3 aliphatic rings. The van der Waals surface area contributed by atoms with Crippen LogP contribution in [-0.2, 0) is 10.9 Å². The lowest BCUT2D eigenvalue weighted by atomic mass is 9.76. The molecule has 2 fully saturated rings. The smallest absolute Gasteiger partial charge is 0.378 e. The first-order valence-corrected chi connectivity index (χ1v) is 10.9. The van der Waals surface area contributed by atoms with Crippen LogP contribution in [0.1, 0.15) is 60.9 Å². The first-order chi connectivity index (χ1) is 14.5. The Bertz CT molecular complexity index is 882. The van der Waals surface area contributed by atoms with E-state index in [1.54, 1.807) is 6.07 Å². The van der Waals surface area contributed by atoms with Gasteiger partial charge in [0, 0.05) is 29.8 Å². The molecule has 3 nitrogen and oxygen atoms in total. The number of halogens is 3. The van der Waals surface area contributed by atoms with E-state index in [0.29, 0.717) is 11.6 Å². The highest BCUT2D eigenvalue weighted by atomic mass is 19.4. The second kappa shape index (κ2) is 7.89. The summed E-state index contributed by atoms with van der Waals surface area (Å²) in [5, 5.41) is 7.08. The molecular weight excluding hydrogens is 389 g/mol. The van der Waals surface area contributed by atoms with E-state index >= 15 is 0 Å². The number of benzene rings is 2. The molecule has 0 spiro atoms. The normalized spacial score (nSPS) is 28.8. The molecular formula is C24H27F3N2O. The Kier molecular flexibility index (Phi) is 5.23. The van der Waals surface area contributed by atoms with E-state index in [2.05, 4.69) is 22.8 Å². The summed E-state index contributed by atoms with van der Waals surface area (Å²) >= 11 is 0. The molecule has 2 aromatic rings. The second-order valence-corrected chi connectivity index (χ2v) is 8.79. The monoisotopic (exact) mass is 416 g/mol. The highest BCUT2D eigenvalue weighted by Gasteiger charge is 2.43. The molecule has 2 heterocycles. The van der Waals surface area contributed by atoms with Crippen LogP contribution in [0, 0.1) is 5.92 Å². The predicted molar refractivity (Wildman–Crippen MR) is 110 cm³/mol. The van der Waals surface area contributed by atoms with Gasteiger partial charge >= 0.3 is 6.18 Å². The molecule has 4 atom stereocenters. The third-order valence-electron chi connectivity index (χ3n) is 6.87. The van der Waals surface area contributed by atoms with Crippen LogP contribution in [0.4, 0.5) is 18.9 Å². The van der Waals surface area contributed by atoms with Crippen molar-refractivity contribution in [2.45, 2.75) is 62.6 Å². The zero-order valence-electron chi connectivity index (χ0n) is 16.8. The van der Waals surface area contributed by atoms with E-state index in [1.165, 1.54) is 25.3 Å². The minimum Gasteiger partial charge on any atom is -0.378 e. The number of nitrogens with one attached hydrogen (secondary N) is 2. The minimum absolute atomic E-state index is 0.0287. The Morgan fingerprint density at radius 1 is 1.00 bits per heavy atom. The van der Waals surface area contributed by atoms with Gasteiger partial charge in [0.2, 0.25) is 0 Å². The van der Waals surface area contributed by atoms with Gasteiger partial charge in [0.25, 0.3) is 0 Å². The molecule has 0 unspecified atom stereocenters. The lowest BCUT2D eigenvalue weighted by molar-refractivity contribution is -0.138. The molecule has 160 valence electrons. The number of hydrogen-bond acceptors (Lipinski definition) is 3. The summed E-state index contributed by atoms with van der Waals surface area (Å²) in [5.74, 6) is 0.100. The SMILES string of the molecule is FC(F)(F)c1ccc2c(c1)[C@H]1O[C@@H](CNC3CCC3)CC[C@H]1[C@H](c1ccccc1)N2. The predicted octanol–water partition coefficient (Wildman–Crippen LogP) is 5.85. The van der Waals surface area contributed by atoms with Crippen LogP contribution >= 0.6 is 0 Å². The Morgan fingerprint density at radius 2 is 1.80 bits per heavy atom. The zero-order chi connectivity index (χ0) is 20.7. The van der Waals surface area contributed by atoms with Crippen molar-refractivity contribution in [2.24, 2.45) is 5.92 Å². The maximum Gasteiger partial charge on any atom is 0.416 e. The summed E-state index contributed by atoms with van der Waals surface area (Å²) in [6, 6.07) is 14.7. The van der Waals surface area contributed by atoms with Gasteiger partial charge in [0.05, 0.1) is 23.8 Å². The van der Waals surface area contributed by atoms with Crippen molar-refractivity contribution in [3.8, 4) is 0 Å². The van der Waals surface area contributed by atoms with Crippen LogP contribution in [0.5, 0.6) is 0 Å². The van der Waals surface area contributed by atoms with Crippen LogP contribution < -0.4 is 10.6 Å². The van der Waals surface area contributed by atoms with E-state index in [9.17, 15) is 13.2 Å². The lowest BCUT2D eigenvalue weighted by Crippen LogP contribution is -2.45. The molecule has 0 radical (unpaired) electrons. The van der Waals surface area contributed by atoms with Crippen LogP contribution in [0.25, 0.3) is 0 Å². The van der Waals surface area contributed by atoms with Crippen molar-refractivity contribution >= 4 is 5.69 Å². The van der Waals surface area contributed by atoms with Crippen molar-refractivity contribution in [3.05, 3.63) is 65.2 Å². The minimum atomic E-state index is -4.36. The summed E-state index contributed by atoms with van der Waals surface area (Å²) < 4.78 is 46.6. The fraction of sp³-hybridized carbons (Fsp3) is 0.500. The van der Waals surface area contributed by atoms with Gasteiger partial charge in [-0.25, -0.2) is 0 Å². The fourth-order valence-corrected chi connectivity index (χ4v) is 4.98. The summed E-state index contributed by atoms with van der Waals surface area (Å²) in [5.41, 5.74) is 1.91. The third kappa shape index (κ3) is 3.83. The maximum atomic E-state index is 13.4. The first-order valence-electron chi connectivity index (χ1n) is 10.9. The van der Waals surface area contributed by atoms with Crippen LogP contribution in [0.15, 0.2) is 48.5 Å². The summed E-state index contributed by atoms with van der Waals surface area (Å²) in [7, 11) is 0. The van der Waals surface area contributed by atoms with Gasteiger partial charge in [0.1, 0.15) is 0 Å². The molecule has 1 saturated carbocycles. The highest BCUT2D eigenvalue weighted by Crippen LogP contribution is 2.51. The van der Waals surface area contributed by atoms with Crippen molar-refractivity contribution < 1.29 is 17.9 Å². The average molecular weight is 416 g/mol. The van der Waals surface area contributed by atoms with Gasteiger partial charge < -0.3 is 15.4 Å². The number of alkyl halides is 3. The molecule has 2 N–H and O–H groups in total. The molecule has 30 heavy (non-hydrogen) atoms. The Labute approximate surface area is 175 Å². The van der Waals surface area contributed by atoms with E-state index in [4.69, 9.17) is 4.74 Å². The van der Waals surface area contributed by atoms with Crippen LogP contribution in [0.2, 0.25) is 0 Å². The average Bonchev–Trinajstić information content (AvgIpc) is 2.71. The second-order valence-electron chi connectivity index (χ2n) is 8.79. The molecule has 2 aromatic carbocycles. The standard InChI is InChI=1S/C24H27F3N2O/c25-24(26,27)16-9-12-21-20(13-16)23-19(22(29-21)15-5-2-1-3-6-15)11-10-18(30-23)14-28-17-7-4-8-17/h1-3,5-6,9,12-13,17-19,22-23,28-29H,4,7-8,10-11,14H2/t18-,19+,22+,23+/m1/s1. The van der Waals surface area contributed by atoms with Crippen LogP contribution in [-0.4, -0.2) is 18.7 Å². The molecule has 6 heteroatoms.